The second kappa shape index (κ2) is 7.25. The molecule has 4 nitrogen and oxygen atoms in total. The predicted octanol–water partition coefficient (Wildman–Crippen LogP) is 3.87. The van der Waals surface area contributed by atoms with Crippen LogP contribution < -0.4 is 5.32 Å². The lowest BCUT2D eigenvalue weighted by atomic mass is 9.98. The van der Waals surface area contributed by atoms with Crippen molar-refractivity contribution in [2.24, 2.45) is 0 Å². The number of thiophene rings is 1. The first kappa shape index (κ1) is 16.1. The number of nitrogens with one attached hydrogen (secondary N) is 1. The number of carbonyl (C=O) groups is 1. The summed E-state index contributed by atoms with van der Waals surface area (Å²) in [6.07, 6.45) is 2.72. The van der Waals surface area contributed by atoms with E-state index in [1.54, 1.807) is 6.26 Å². The molecule has 1 aliphatic heterocycles. The Morgan fingerprint density at radius 3 is 2.80 bits per heavy atom. The average molecular weight is 352 g/mol. The first-order valence-electron chi connectivity index (χ1n) is 8.47. The molecule has 0 radical (unpaired) electrons. The normalized spacial score (nSPS) is 15.5. The van der Waals surface area contributed by atoms with Gasteiger partial charge in [0.15, 0.2) is 0 Å². The molecule has 1 aromatic carbocycles. The summed E-state index contributed by atoms with van der Waals surface area (Å²) in [4.78, 5) is 15.4. The molecule has 0 aliphatic carbocycles. The number of carbonyl (C=O) groups excluding carboxylic acids is 1. The summed E-state index contributed by atoms with van der Waals surface area (Å²) >= 11 is 1.46. The third kappa shape index (κ3) is 3.52. The van der Waals surface area contributed by atoms with Crippen molar-refractivity contribution in [1.29, 1.82) is 0 Å². The highest BCUT2D eigenvalue weighted by molar-refractivity contribution is 7.12. The van der Waals surface area contributed by atoms with Crippen LogP contribution in [0.3, 0.4) is 0 Å². The zero-order chi connectivity index (χ0) is 17.1. The number of fused-ring (bicyclic) bond motifs is 1. The van der Waals surface area contributed by atoms with Gasteiger partial charge < -0.3 is 9.73 Å². The Hall–Kier alpha value is -2.37. The maximum absolute atomic E-state index is 12.3. The van der Waals surface area contributed by atoms with Crippen LogP contribution in [0.4, 0.5) is 0 Å². The van der Waals surface area contributed by atoms with E-state index >= 15 is 0 Å². The topological polar surface area (TPSA) is 45.5 Å². The van der Waals surface area contributed by atoms with Crippen LogP contribution in [0.15, 0.2) is 64.6 Å². The van der Waals surface area contributed by atoms with Crippen LogP contribution in [0.1, 0.15) is 32.6 Å². The van der Waals surface area contributed by atoms with Gasteiger partial charge in [0.25, 0.3) is 5.91 Å². The summed E-state index contributed by atoms with van der Waals surface area (Å²) in [7, 11) is 0. The Labute approximate surface area is 151 Å². The van der Waals surface area contributed by atoms with Gasteiger partial charge in [-0.1, -0.05) is 30.3 Å². The molecule has 1 unspecified atom stereocenters. The van der Waals surface area contributed by atoms with E-state index < -0.39 is 0 Å². The third-order valence-electron chi connectivity index (χ3n) is 4.67. The molecular formula is C20H20N2O2S. The number of hydrogen-bond acceptors (Lipinski definition) is 4. The highest BCUT2D eigenvalue weighted by atomic mass is 32.1. The summed E-state index contributed by atoms with van der Waals surface area (Å²) in [5.74, 6) is 0.870. The number of benzene rings is 1. The van der Waals surface area contributed by atoms with Crippen LogP contribution in [-0.4, -0.2) is 23.9 Å². The van der Waals surface area contributed by atoms with Crippen molar-refractivity contribution in [2.45, 2.75) is 19.0 Å². The lowest BCUT2D eigenvalue weighted by Crippen LogP contribution is -2.40. The lowest BCUT2D eigenvalue weighted by Gasteiger charge is -2.34. The van der Waals surface area contributed by atoms with E-state index in [0.29, 0.717) is 6.54 Å². The number of nitrogens with zero attached hydrogens (tertiary/aromatic N) is 1. The van der Waals surface area contributed by atoms with Gasteiger partial charge in [-0.15, -0.1) is 11.3 Å². The minimum Gasteiger partial charge on any atom is -0.468 e. The fourth-order valence-electron chi connectivity index (χ4n) is 3.36. The van der Waals surface area contributed by atoms with Gasteiger partial charge in [-0.25, -0.2) is 0 Å². The van der Waals surface area contributed by atoms with E-state index in [2.05, 4.69) is 34.5 Å². The first-order chi connectivity index (χ1) is 12.3. The maximum Gasteiger partial charge on any atom is 0.261 e. The van der Waals surface area contributed by atoms with Gasteiger partial charge in [-0.2, -0.15) is 0 Å². The number of amides is 1. The first-order valence-corrected chi connectivity index (χ1v) is 9.35. The summed E-state index contributed by atoms with van der Waals surface area (Å²) < 4.78 is 5.67. The molecule has 3 aromatic rings. The van der Waals surface area contributed by atoms with Crippen LogP contribution in [0.2, 0.25) is 0 Å². The van der Waals surface area contributed by atoms with Crippen molar-refractivity contribution < 1.29 is 9.21 Å². The summed E-state index contributed by atoms with van der Waals surface area (Å²) in [6.45, 7) is 2.36. The number of hydrogen-bond donors (Lipinski definition) is 1. The number of furan rings is 1. The van der Waals surface area contributed by atoms with Gasteiger partial charge in [-0.05, 0) is 41.1 Å². The predicted molar refractivity (Wildman–Crippen MR) is 98.7 cm³/mol. The molecule has 128 valence electrons. The molecule has 2 aromatic heterocycles. The molecule has 0 saturated heterocycles. The van der Waals surface area contributed by atoms with E-state index in [-0.39, 0.29) is 11.9 Å². The smallest absolute Gasteiger partial charge is 0.261 e. The van der Waals surface area contributed by atoms with Crippen molar-refractivity contribution in [3.63, 3.8) is 0 Å². The van der Waals surface area contributed by atoms with Gasteiger partial charge in [0.05, 0.1) is 17.2 Å². The summed E-state index contributed by atoms with van der Waals surface area (Å²) in [6, 6.07) is 16.2. The van der Waals surface area contributed by atoms with Crippen LogP contribution in [0.5, 0.6) is 0 Å². The zero-order valence-electron chi connectivity index (χ0n) is 13.9. The van der Waals surface area contributed by atoms with E-state index in [1.165, 1.54) is 22.5 Å². The monoisotopic (exact) mass is 352 g/mol. The molecule has 1 atom stereocenters. The molecule has 0 spiro atoms. The molecule has 1 aliphatic rings. The van der Waals surface area contributed by atoms with Crippen LogP contribution in [0.25, 0.3) is 0 Å². The Morgan fingerprint density at radius 1 is 1.16 bits per heavy atom. The second-order valence-electron chi connectivity index (χ2n) is 6.21. The maximum atomic E-state index is 12.3. The Bertz CT molecular complexity index is 827. The molecule has 0 fully saturated rings. The molecule has 25 heavy (non-hydrogen) atoms. The fraction of sp³-hybridized carbons (Fsp3) is 0.250. The van der Waals surface area contributed by atoms with E-state index in [1.807, 2.05) is 29.6 Å². The fourth-order valence-corrected chi connectivity index (χ4v) is 4.00. The quantitative estimate of drug-likeness (QED) is 0.758. The summed E-state index contributed by atoms with van der Waals surface area (Å²) in [5, 5.41) is 4.98. The second-order valence-corrected chi connectivity index (χ2v) is 7.16. The highest BCUT2D eigenvalue weighted by Crippen LogP contribution is 2.28. The van der Waals surface area contributed by atoms with E-state index in [9.17, 15) is 4.79 Å². The molecule has 0 saturated carbocycles. The standard InChI is InChI=1S/C20H20N2O2S/c23-20(19-8-4-12-25-19)21-13-17(18-7-3-11-24-18)22-10-9-15-5-1-2-6-16(15)14-22/h1-8,11-12,17H,9-10,13-14H2,(H,21,23). The molecule has 1 amide bonds. The van der Waals surface area contributed by atoms with Crippen LogP contribution in [-0.2, 0) is 13.0 Å². The molecule has 3 heterocycles. The van der Waals surface area contributed by atoms with Gasteiger partial charge >= 0.3 is 0 Å². The largest absolute Gasteiger partial charge is 0.468 e. The van der Waals surface area contributed by atoms with Crippen molar-refractivity contribution in [3.05, 3.63) is 81.9 Å². The van der Waals surface area contributed by atoms with E-state index in [4.69, 9.17) is 4.42 Å². The average Bonchev–Trinajstić information content (AvgIpc) is 3.35. The number of rotatable bonds is 5. The minimum atomic E-state index is -0.0241. The van der Waals surface area contributed by atoms with Gasteiger partial charge in [0.2, 0.25) is 0 Å². The molecular weight excluding hydrogens is 332 g/mol. The van der Waals surface area contributed by atoms with Crippen LogP contribution in [0, 0.1) is 0 Å². The minimum absolute atomic E-state index is 0.0241. The summed E-state index contributed by atoms with van der Waals surface area (Å²) in [5.41, 5.74) is 2.77. The third-order valence-corrected chi connectivity index (χ3v) is 5.54. The molecule has 5 heteroatoms. The highest BCUT2D eigenvalue weighted by Gasteiger charge is 2.27. The van der Waals surface area contributed by atoms with Crippen molar-refractivity contribution in [2.75, 3.05) is 13.1 Å². The molecule has 4 rings (SSSR count). The van der Waals surface area contributed by atoms with Crippen molar-refractivity contribution in [3.8, 4) is 0 Å². The lowest BCUT2D eigenvalue weighted by molar-refractivity contribution is 0.0923. The Balaban J connectivity index is 1.50. The van der Waals surface area contributed by atoms with Gasteiger partial charge in [-0.3, -0.25) is 9.69 Å². The van der Waals surface area contributed by atoms with Gasteiger partial charge in [0.1, 0.15) is 5.76 Å². The van der Waals surface area contributed by atoms with Crippen molar-refractivity contribution >= 4 is 17.2 Å². The molecule has 1 N–H and O–H groups in total. The van der Waals surface area contributed by atoms with Gasteiger partial charge in [0, 0.05) is 19.6 Å². The molecule has 0 bridgehead atoms. The zero-order valence-corrected chi connectivity index (χ0v) is 14.7. The Kier molecular flexibility index (Phi) is 4.68. The Morgan fingerprint density at radius 2 is 2.04 bits per heavy atom. The van der Waals surface area contributed by atoms with E-state index in [0.717, 1.165) is 30.1 Å². The van der Waals surface area contributed by atoms with Crippen LogP contribution >= 0.6 is 11.3 Å². The van der Waals surface area contributed by atoms with Crippen molar-refractivity contribution in [1.82, 2.24) is 10.2 Å². The SMILES string of the molecule is O=C(NCC(c1ccco1)N1CCc2ccccc2C1)c1cccs1.